The molecule has 0 bridgehead atoms. The van der Waals surface area contributed by atoms with E-state index in [4.69, 9.17) is 97.2 Å². The Balaban J connectivity index is 0.000000155. The highest BCUT2D eigenvalue weighted by molar-refractivity contribution is 6.19. The van der Waals surface area contributed by atoms with Crippen molar-refractivity contribution in [3.8, 4) is 89.5 Å². The molecule has 8 aromatic heterocycles. The summed E-state index contributed by atoms with van der Waals surface area (Å²) >= 11 is 0. The zero-order chi connectivity index (χ0) is 159. The first-order chi connectivity index (χ1) is 96.0. The Labute approximate surface area is 968 Å². The van der Waals surface area contributed by atoms with E-state index in [1.165, 1.54) is 146 Å². The maximum Gasteiger partial charge on any atom is 0.216 e. The number of hydrogen-bond donors (Lipinski definition) is 0. The third-order valence-corrected chi connectivity index (χ3v) is 30.7. The molecule has 0 amide bonds. The molecule has 20 aromatic rings. The number of aromatic nitrogens is 4. The summed E-state index contributed by atoms with van der Waals surface area (Å²) in [7, 11) is 6.43. The number of hydrogen-bond acceptors (Lipinski definition) is 4. The molecule has 0 saturated heterocycles. The minimum Gasteiger partial charge on any atom is -0.455 e. The molecule has 24 rings (SSSR count). The second-order valence-corrected chi connectivity index (χ2v) is 39.8. The highest BCUT2D eigenvalue weighted by Crippen LogP contribution is 2.63. The number of rotatable bonds is 16. The van der Waals surface area contributed by atoms with Crippen molar-refractivity contribution in [2.75, 3.05) is 0 Å². The van der Waals surface area contributed by atoms with Crippen LogP contribution in [0.5, 0.6) is 0 Å². The first-order valence-electron chi connectivity index (χ1n) is 80.5. The summed E-state index contributed by atoms with van der Waals surface area (Å²) < 4.78 is 573. The van der Waals surface area contributed by atoms with Crippen LogP contribution in [0.15, 0.2) is 261 Å². The fraction of sp³-hybridized carbons (Fsp3) is 0.343. The van der Waals surface area contributed by atoms with E-state index < -0.39 is 211 Å². The largest absolute Gasteiger partial charge is 0.455 e. The molecular formula is C140H152N4O4+4. The van der Waals surface area contributed by atoms with Crippen molar-refractivity contribution in [3.63, 3.8) is 0 Å². The Morgan fingerprint density at radius 3 is 0.986 bits per heavy atom. The van der Waals surface area contributed by atoms with Crippen molar-refractivity contribution in [1.82, 2.24) is 0 Å². The van der Waals surface area contributed by atoms with Crippen LogP contribution in [-0.2, 0) is 49.9 Å². The van der Waals surface area contributed by atoms with E-state index in [9.17, 15) is 8.22 Å². The van der Waals surface area contributed by atoms with Gasteiger partial charge in [0.15, 0.2) is 24.8 Å². The van der Waals surface area contributed by atoms with Crippen molar-refractivity contribution in [3.05, 3.63) is 354 Å². The number of furan rings is 4. The Kier molecular flexibility index (Phi) is 12.7. The van der Waals surface area contributed by atoms with Gasteiger partial charge in [0.1, 0.15) is 72.9 Å². The first kappa shape index (κ1) is 50.2. The number of aryl methyl sites for hydroxylation is 12. The topological polar surface area (TPSA) is 68.1 Å². The Hall–Kier alpha value is -13.6. The van der Waals surface area contributed by atoms with E-state index in [2.05, 4.69) is 0 Å². The summed E-state index contributed by atoms with van der Waals surface area (Å²) in [4.78, 5) is 0. The van der Waals surface area contributed by atoms with E-state index >= 15 is 0 Å². The third-order valence-electron chi connectivity index (χ3n) is 30.7. The van der Waals surface area contributed by atoms with E-state index in [0.717, 1.165) is 53.8 Å². The van der Waals surface area contributed by atoms with Gasteiger partial charge in [-0.3, -0.25) is 0 Å². The molecule has 8 nitrogen and oxygen atoms in total. The number of pyridine rings is 4. The molecular weight excluding hydrogens is 1800 g/mol. The molecule has 148 heavy (non-hydrogen) atoms. The van der Waals surface area contributed by atoms with Gasteiger partial charge in [0, 0.05) is 221 Å². The second-order valence-electron chi connectivity index (χ2n) is 39.8. The highest BCUT2D eigenvalue weighted by Gasteiger charge is 2.51. The van der Waals surface area contributed by atoms with Gasteiger partial charge in [-0.25, -0.2) is 18.3 Å². The zero-order valence-corrected chi connectivity index (χ0v) is 84.1. The van der Waals surface area contributed by atoms with Crippen LogP contribution in [0.1, 0.15) is 386 Å². The van der Waals surface area contributed by atoms with E-state index in [1.807, 2.05) is 92.7 Å². The van der Waals surface area contributed by atoms with Gasteiger partial charge in [0.2, 0.25) is 22.8 Å². The lowest BCUT2D eigenvalue weighted by molar-refractivity contribution is -0.661. The quantitative estimate of drug-likeness (QED) is 0.0904. The Bertz CT molecular complexity index is 11700. The van der Waals surface area contributed by atoms with Gasteiger partial charge < -0.3 is 17.7 Å². The van der Waals surface area contributed by atoms with Gasteiger partial charge in [-0.1, -0.05) is 326 Å². The fourth-order valence-electron chi connectivity index (χ4n) is 23.8. The van der Waals surface area contributed by atoms with Crippen LogP contribution < -0.4 is 18.3 Å². The predicted octanol–water partition coefficient (Wildman–Crippen LogP) is 36.6. The van der Waals surface area contributed by atoms with Crippen molar-refractivity contribution in [1.29, 1.82) is 0 Å². The molecule has 0 fully saturated rings. The SMILES string of the molecule is [2H]C([2H])([2H])CC1(CC([2H])([2H])[2H])c2ccccc2-c2c1ccc1c2oc2c(-c3cc(C([2H])([2H])[2H])c(C([2H])(C)C([2H])([2H])[2H])c[n+]3C)c(C)ccc21.[2H]C([2H])([2H])c1cc(-c2c(C)ccc3c2oc2c4c(ccc23)-c2ccccc2C4(C)C([2H])([2H])[2H])[n+](C)cc1C([2H])(C)C([2H])([2H])[2H].[2H]C([2H])([2H])c1cc(-c2c(C)ccc3c2oc2c4c(ccc23)C(C([2H])(C)C([2H])([2H])[2H])(C([2H])(C([2H])([2H])[2H])C([2H])([2H])[2H])c2ccccc2-4)[n+](C)cc1C([2H])(C)C([2H])([2H])[2H].[2H]C([2H])([2H])c1cc(-c2c(C)ccc3c2oc2c4c(ccc23)C(CC([2H])(C([2H])([2H])[2H])C([2H])([2H])[2H])(C([2H])([2H])C([2H])(C([2H])([2H])[2H])C([2H])([2H])[2H])c2ccccc2-4)[n+](C)cc1C([2H])(C)C([2H])([2H])[2H]. The van der Waals surface area contributed by atoms with Gasteiger partial charge in [-0.05, 0) is 245 Å². The third kappa shape index (κ3) is 15.3. The molecule has 8 heterocycles. The normalized spacial score (nSPS) is 26.4. The molecule has 8 heteroatoms. The van der Waals surface area contributed by atoms with Crippen molar-refractivity contribution in [2.24, 2.45) is 51.8 Å². The standard InChI is InChI=1S/C38H44NO.C36H40NO.C34H36NO.C32H32NO/c1-22(2)19-38(20-23(3)4)31-13-11-10-12-29(31)35-32(38)17-16-28-27-15-14-25(7)34(36(27)40-37(28)35)33-18-26(8)30(24(5)6)21-39(33)9;1-20(2)28-19-37(9)31(18-24(28)8)32-23(7)14-15-25-26-16-17-30-33(35(26)38-34(25)32)27-12-10-11-13-29(27)36(30,21(3)4)22(5)6;1-8-34(9-2)27-13-11-10-12-25(27)31-28(34)17-16-24-23-15-14-21(5)30(32(23)36-33(24)31)29-18-22(6)26(20(3)4)19-35(29)7;1-18(2)25-17-33(7)27(16-20(25)4)28-19(3)12-13-23-24-15-14-22-21-10-8-9-11-26(21)32(5,6)29(22)31(24)34-30(23)28/h10-18,21-24H,19-20H2,1-9H3;10-22H,1-9H3;10-20H,8-9H2,1-7H3;8-18H,1-7H3/q4*+1/i1D3,2D3,3D3,4D3,5D3,8D3,19D2,22D,23D,24D;1D3,3D3,4D3,5D3,8D3,20D,21D,22D;1D3,2D3,3D3,6D3,20D;1D3,4D3,5D3,18D. The fourth-order valence-corrected chi connectivity index (χ4v) is 23.8. The molecule has 8 atom stereocenters. The van der Waals surface area contributed by atoms with Crippen LogP contribution in [0.4, 0.5) is 0 Å². The summed E-state index contributed by atoms with van der Waals surface area (Å²) in [6.07, 6.45) is -0.884. The smallest absolute Gasteiger partial charge is 0.216 e. The monoisotopic (exact) mass is 2020 g/mol. The average molecular weight is 2020 g/mol. The summed E-state index contributed by atoms with van der Waals surface area (Å²) in [5.41, 5.74) is 2.26. The van der Waals surface area contributed by atoms with Crippen LogP contribution in [0.2, 0.25) is 0 Å². The molecule has 0 N–H and O–H groups in total. The van der Waals surface area contributed by atoms with Crippen molar-refractivity contribution in [2.45, 2.75) is 263 Å². The van der Waals surface area contributed by atoms with E-state index in [-0.39, 0.29) is 130 Å². The summed E-state index contributed by atoms with van der Waals surface area (Å²) in [6, 6.07) is 59.1. The minimum atomic E-state index is -4.09. The lowest BCUT2D eigenvalue weighted by atomic mass is 9.63. The summed E-state index contributed by atoms with van der Waals surface area (Å²) in [5, 5.41) is 4.50. The van der Waals surface area contributed by atoms with Gasteiger partial charge in [0.25, 0.3) is 0 Å². The predicted molar refractivity (Wildman–Crippen MR) is 621 cm³/mol. The number of fused-ring (bicyclic) bond motifs is 28. The molecule has 8 unspecified atom stereocenters. The maximum absolute atomic E-state index is 9.75. The lowest BCUT2D eigenvalue weighted by Gasteiger charge is -2.40. The van der Waals surface area contributed by atoms with Gasteiger partial charge in [0.05, 0.1) is 22.3 Å². The summed E-state index contributed by atoms with van der Waals surface area (Å²) in [5.74, 6) is -23.3. The second kappa shape index (κ2) is 37.3. The lowest BCUT2D eigenvalue weighted by Crippen LogP contribution is -2.37. The molecule has 0 saturated carbocycles. The Morgan fingerprint density at radius 1 is 0.297 bits per heavy atom. The van der Waals surface area contributed by atoms with Gasteiger partial charge in [-0.2, -0.15) is 0 Å². The Morgan fingerprint density at radius 2 is 0.615 bits per heavy atom. The first-order valence-corrected chi connectivity index (χ1v) is 48.5. The molecule has 0 radical (unpaired) electrons. The molecule has 4 aliphatic carbocycles. The van der Waals surface area contributed by atoms with Crippen LogP contribution in [0.3, 0.4) is 0 Å². The minimum absolute atomic E-state index is 0.0331. The summed E-state index contributed by atoms with van der Waals surface area (Å²) in [6.45, 7) is -41.4. The van der Waals surface area contributed by atoms with Gasteiger partial charge in [-0.15, -0.1) is 0 Å². The average Bonchev–Trinajstić information content (AvgIpc) is 1.47. The number of benzene rings is 12. The molecule has 4 aliphatic rings. The molecule has 0 spiro atoms. The van der Waals surface area contributed by atoms with Crippen LogP contribution in [0, 0.1) is 78.7 Å². The molecule has 752 valence electrons. The molecule has 0 aliphatic heterocycles. The zero-order valence-electron chi connectivity index (χ0n) is 148. The maximum atomic E-state index is 9.75. The van der Waals surface area contributed by atoms with Crippen LogP contribution in [0.25, 0.3) is 177 Å². The van der Waals surface area contributed by atoms with Crippen molar-refractivity contribution < 1.29 is 124 Å². The van der Waals surface area contributed by atoms with Crippen molar-refractivity contribution >= 4 is 87.8 Å². The van der Waals surface area contributed by atoms with Crippen LogP contribution in [-0.4, -0.2) is 0 Å². The van der Waals surface area contributed by atoms with E-state index in [1.54, 1.807) is 99.6 Å². The van der Waals surface area contributed by atoms with E-state index in [0.29, 0.717) is 133 Å². The van der Waals surface area contributed by atoms with Gasteiger partial charge >= 0.3 is 0 Å². The number of nitrogens with zero attached hydrogens (tertiary/aromatic N) is 4. The molecule has 12 aromatic carbocycles. The highest BCUT2D eigenvalue weighted by atomic mass is 16.3. The van der Waals surface area contributed by atoms with Crippen LogP contribution >= 0.6 is 0 Å².